The Labute approximate surface area is 122 Å². The van der Waals surface area contributed by atoms with Crippen molar-refractivity contribution in [3.63, 3.8) is 0 Å². The standard InChI is InChI=1S/C19H16N2/c1-11-5-4-8-15-17(11)18-16(20-15)10-9-13-12-6-2-3-7-14(12)21-19(13)18/h2-4,6-11,20-21H,5H2,1H3. The average molecular weight is 272 g/mol. The summed E-state index contributed by atoms with van der Waals surface area (Å²) < 4.78 is 0. The fourth-order valence-electron chi connectivity index (χ4n) is 3.80. The van der Waals surface area contributed by atoms with Gasteiger partial charge in [-0.2, -0.15) is 0 Å². The maximum Gasteiger partial charge on any atom is 0.0563 e. The molecular weight excluding hydrogens is 256 g/mol. The molecule has 1 aliphatic carbocycles. The Morgan fingerprint density at radius 3 is 2.81 bits per heavy atom. The Balaban J connectivity index is 2.04. The Kier molecular flexibility index (Phi) is 2.02. The van der Waals surface area contributed by atoms with Gasteiger partial charge in [-0.1, -0.05) is 37.3 Å². The number of allylic oxidation sites excluding steroid dienone is 1. The minimum atomic E-state index is 0.566. The van der Waals surface area contributed by atoms with Crippen molar-refractivity contribution >= 4 is 38.8 Å². The van der Waals surface area contributed by atoms with Crippen molar-refractivity contribution in [2.75, 3.05) is 0 Å². The number of hydrogen-bond donors (Lipinski definition) is 2. The summed E-state index contributed by atoms with van der Waals surface area (Å²) in [6.45, 7) is 2.32. The van der Waals surface area contributed by atoms with E-state index >= 15 is 0 Å². The molecule has 2 aromatic heterocycles. The van der Waals surface area contributed by atoms with Gasteiger partial charge >= 0.3 is 0 Å². The molecule has 2 heterocycles. The van der Waals surface area contributed by atoms with Crippen LogP contribution in [-0.4, -0.2) is 9.97 Å². The molecule has 0 radical (unpaired) electrons. The van der Waals surface area contributed by atoms with Crippen LogP contribution in [-0.2, 0) is 0 Å². The Morgan fingerprint density at radius 2 is 1.86 bits per heavy atom. The first-order valence-electron chi connectivity index (χ1n) is 7.54. The molecule has 21 heavy (non-hydrogen) atoms. The number of aromatic amines is 2. The van der Waals surface area contributed by atoms with Crippen molar-refractivity contribution in [1.82, 2.24) is 9.97 Å². The normalized spacial score (nSPS) is 17.9. The summed E-state index contributed by atoms with van der Waals surface area (Å²) in [6, 6.07) is 13.0. The van der Waals surface area contributed by atoms with Crippen molar-refractivity contribution in [3.05, 3.63) is 53.7 Å². The fraction of sp³-hybridized carbons (Fsp3) is 0.158. The van der Waals surface area contributed by atoms with E-state index in [1.54, 1.807) is 0 Å². The molecule has 2 nitrogen and oxygen atoms in total. The molecule has 1 atom stereocenters. The lowest BCUT2D eigenvalue weighted by molar-refractivity contribution is 0.778. The van der Waals surface area contributed by atoms with Gasteiger partial charge in [-0.3, -0.25) is 0 Å². The molecule has 4 aromatic rings. The highest BCUT2D eigenvalue weighted by Gasteiger charge is 2.21. The number of para-hydroxylation sites is 1. The first-order chi connectivity index (χ1) is 10.3. The van der Waals surface area contributed by atoms with Crippen molar-refractivity contribution < 1.29 is 0 Å². The van der Waals surface area contributed by atoms with Crippen LogP contribution in [0, 0.1) is 0 Å². The summed E-state index contributed by atoms with van der Waals surface area (Å²) in [5.74, 6) is 0.566. The minimum Gasteiger partial charge on any atom is -0.355 e. The van der Waals surface area contributed by atoms with E-state index in [2.05, 4.69) is 65.4 Å². The zero-order valence-electron chi connectivity index (χ0n) is 11.9. The predicted molar refractivity (Wildman–Crippen MR) is 89.7 cm³/mol. The minimum absolute atomic E-state index is 0.566. The molecule has 2 aromatic carbocycles. The summed E-state index contributed by atoms with van der Waals surface area (Å²) in [5, 5.41) is 4.00. The SMILES string of the molecule is CC1CC=Cc2[nH]c3ccc4c5ccccc5[nH]c4c3c21. The van der Waals surface area contributed by atoms with Crippen molar-refractivity contribution in [3.8, 4) is 0 Å². The van der Waals surface area contributed by atoms with E-state index in [1.807, 2.05) is 0 Å². The molecular formula is C19H16N2. The average Bonchev–Trinajstić information content (AvgIpc) is 3.05. The Morgan fingerprint density at radius 1 is 0.952 bits per heavy atom. The fourth-order valence-corrected chi connectivity index (χ4v) is 3.80. The molecule has 0 amide bonds. The van der Waals surface area contributed by atoms with E-state index < -0.39 is 0 Å². The van der Waals surface area contributed by atoms with E-state index in [9.17, 15) is 0 Å². The summed E-state index contributed by atoms with van der Waals surface area (Å²) in [4.78, 5) is 7.21. The maximum absolute atomic E-state index is 3.63. The third-order valence-corrected chi connectivity index (χ3v) is 4.78. The number of rotatable bonds is 0. The lowest BCUT2D eigenvalue weighted by Gasteiger charge is -2.14. The van der Waals surface area contributed by atoms with E-state index in [0.29, 0.717) is 5.92 Å². The van der Waals surface area contributed by atoms with Crippen molar-refractivity contribution in [2.24, 2.45) is 0 Å². The lowest BCUT2D eigenvalue weighted by atomic mass is 9.90. The molecule has 1 aliphatic rings. The lowest BCUT2D eigenvalue weighted by Crippen LogP contribution is -1.97. The third-order valence-electron chi connectivity index (χ3n) is 4.78. The van der Waals surface area contributed by atoms with Gasteiger partial charge in [-0.15, -0.1) is 0 Å². The third kappa shape index (κ3) is 1.37. The molecule has 0 aliphatic heterocycles. The van der Waals surface area contributed by atoms with Crippen LogP contribution in [0.4, 0.5) is 0 Å². The summed E-state index contributed by atoms with van der Waals surface area (Å²) in [6.07, 6.45) is 5.62. The molecule has 102 valence electrons. The highest BCUT2D eigenvalue weighted by Crippen LogP contribution is 2.40. The molecule has 0 fully saturated rings. The highest BCUT2D eigenvalue weighted by molar-refractivity contribution is 6.18. The van der Waals surface area contributed by atoms with Gasteiger partial charge in [0.15, 0.2) is 0 Å². The number of H-pyrrole nitrogens is 2. The van der Waals surface area contributed by atoms with E-state index in [4.69, 9.17) is 0 Å². The van der Waals surface area contributed by atoms with Crippen LogP contribution in [0.1, 0.15) is 30.5 Å². The van der Waals surface area contributed by atoms with Crippen LogP contribution in [0.2, 0.25) is 0 Å². The largest absolute Gasteiger partial charge is 0.355 e. The molecule has 2 heteroatoms. The maximum atomic E-state index is 3.63. The first-order valence-corrected chi connectivity index (χ1v) is 7.54. The molecule has 2 N–H and O–H groups in total. The second-order valence-electron chi connectivity index (χ2n) is 6.07. The van der Waals surface area contributed by atoms with Crippen LogP contribution in [0.5, 0.6) is 0 Å². The van der Waals surface area contributed by atoms with Gasteiger partial charge in [0.25, 0.3) is 0 Å². The van der Waals surface area contributed by atoms with Gasteiger partial charge in [0.2, 0.25) is 0 Å². The second kappa shape index (κ2) is 3.79. The molecule has 0 spiro atoms. The summed E-state index contributed by atoms with van der Waals surface area (Å²) >= 11 is 0. The highest BCUT2D eigenvalue weighted by atomic mass is 14.8. The number of aromatic nitrogens is 2. The Hall–Kier alpha value is -2.48. The van der Waals surface area contributed by atoms with Crippen LogP contribution in [0.15, 0.2) is 42.5 Å². The van der Waals surface area contributed by atoms with Crippen LogP contribution in [0.25, 0.3) is 38.8 Å². The quantitative estimate of drug-likeness (QED) is 0.434. The molecule has 0 bridgehead atoms. The first kappa shape index (κ1) is 11.2. The van der Waals surface area contributed by atoms with E-state index in [0.717, 1.165) is 6.42 Å². The topological polar surface area (TPSA) is 31.6 Å². The molecule has 5 rings (SSSR count). The predicted octanol–water partition coefficient (Wildman–Crippen LogP) is 5.32. The number of hydrogen-bond acceptors (Lipinski definition) is 0. The van der Waals surface area contributed by atoms with Crippen LogP contribution in [0.3, 0.4) is 0 Å². The molecule has 1 unspecified atom stereocenters. The van der Waals surface area contributed by atoms with Gasteiger partial charge in [-0.05, 0) is 36.1 Å². The van der Waals surface area contributed by atoms with Gasteiger partial charge in [0.1, 0.15) is 0 Å². The molecule has 0 saturated carbocycles. The van der Waals surface area contributed by atoms with E-state index in [1.165, 1.54) is 44.0 Å². The van der Waals surface area contributed by atoms with Gasteiger partial charge in [0.05, 0.1) is 5.52 Å². The molecule has 0 saturated heterocycles. The van der Waals surface area contributed by atoms with Crippen molar-refractivity contribution in [1.29, 1.82) is 0 Å². The Bertz CT molecular complexity index is 1030. The van der Waals surface area contributed by atoms with Crippen molar-refractivity contribution in [2.45, 2.75) is 19.3 Å². The second-order valence-corrected chi connectivity index (χ2v) is 6.07. The monoisotopic (exact) mass is 272 g/mol. The zero-order chi connectivity index (χ0) is 14.0. The number of nitrogens with one attached hydrogen (secondary N) is 2. The van der Waals surface area contributed by atoms with Gasteiger partial charge < -0.3 is 9.97 Å². The number of fused-ring (bicyclic) bond motifs is 7. The number of benzene rings is 2. The summed E-state index contributed by atoms with van der Waals surface area (Å²) in [7, 11) is 0. The van der Waals surface area contributed by atoms with Crippen LogP contribution < -0.4 is 0 Å². The smallest absolute Gasteiger partial charge is 0.0563 e. The summed E-state index contributed by atoms with van der Waals surface area (Å²) in [5.41, 5.74) is 6.46. The van der Waals surface area contributed by atoms with Gasteiger partial charge in [-0.25, -0.2) is 0 Å². The zero-order valence-corrected chi connectivity index (χ0v) is 11.9. The van der Waals surface area contributed by atoms with Gasteiger partial charge in [0, 0.05) is 32.9 Å². The van der Waals surface area contributed by atoms with Crippen LogP contribution >= 0.6 is 0 Å². The van der Waals surface area contributed by atoms with E-state index in [-0.39, 0.29) is 0 Å².